The minimum absolute atomic E-state index is 0.0354. The highest BCUT2D eigenvalue weighted by Gasteiger charge is 2.31. The minimum Gasteiger partial charge on any atom is -0.392 e. The molecule has 124 valence electrons. The second-order valence-corrected chi connectivity index (χ2v) is 7.99. The monoisotopic (exact) mass is 326 g/mol. The summed E-state index contributed by atoms with van der Waals surface area (Å²) in [4.78, 5) is 2.07. The fourth-order valence-corrected chi connectivity index (χ4v) is 4.42. The molecule has 1 aromatic carbocycles. The molecule has 0 bridgehead atoms. The zero-order valence-corrected chi connectivity index (χ0v) is 14.4. The maximum atomic E-state index is 12.2. The summed E-state index contributed by atoms with van der Waals surface area (Å²) in [6, 6.07) is 7.69. The average Bonchev–Trinajstić information content (AvgIpc) is 2.85. The van der Waals surface area contributed by atoms with Gasteiger partial charge in [-0.2, -0.15) is 0 Å². The second kappa shape index (κ2) is 6.98. The summed E-state index contributed by atoms with van der Waals surface area (Å²) in [5, 5.41) is 9.84. The molecule has 6 heteroatoms. The van der Waals surface area contributed by atoms with E-state index in [1.54, 1.807) is 0 Å². The Kier molecular flexibility index (Phi) is 5.47. The highest BCUT2D eigenvalue weighted by Crippen LogP contribution is 2.33. The third-order valence-electron chi connectivity index (χ3n) is 4.39. The molecule has 0 aromatic heterocycles. The lowest BCUT2D eigenvalue weighted by Crippen LogP contribution is -2.33. The van der Waals surface area contributed by atoms with Crippen LogP contribution in [0.15, 0.2) is 24.3 Å². The molecule has 1 saturated heterocycles. The van der Waals surface area contributed by atoms with Gasteiger partial charge in [0, 0.05) is 19.1 Å². The Bertz CT molecular complexity index is 603. The number of para-hydroxylation sites is 1. The van der Waals surface area contributed by atoms with Gasteiger partial charge in [-0.3, -0.25) is 9.21 Å². The summed E-state index contributed by atoms with van der Waals surface area (Å²) >= 11 is 0. The van der Waals surface area contributed by atoms with Crippen LogP contribution in [-0.2, 0) is 10.0 Å². The number of hydrogen-bond acceptors (Lipinski definition) is 4. The number of aliphatic hydroxyl groups is 1. The van der Waals surface area contributed by atoms with Crippen molar-refractivity contribution in [1.82, 2.24) is 4.90 Å². The summed E-state index contributed by atoms with van der Waals surface area (Å²) in [5.41, 5.74) is 1.75. The molecule has 0 saturated carbocycles. The van der Waals surface area contributed by atoms with Crippen molar-refractivity contribution >= 4 is 15.7 Å². The van der Waals surface area contributed by atoms with Crippen molar-refractivity contribution in [2.24, 2.45) is 0 Å². The summed E-state index contributed by atoms with van der Waals surface area (Å²) in [7, 11) is -1.23. The van der Waals surface area contributed by atoms with E-state index in [4.69, 9.17) is 0 Å². The molecule has 1 aliphatic heterocycles. The third kappa shape index (κ3) is 3.62. The van der Waals surface area contributed by atoms with Crippen molar-refractivity contribution < 1.29 is 13.5 Å². The largest absolute Gasteiger partial charge is 0.392 e. The number of nitrogens with zero attached hydrogens (tertiary/aromatic N) is 2. The lowest BCUT2D eigenvalue weighted by molar-refractivity contribution is 0.105. The Morgan fingerprint density at radius 2 is 2.05 bits per heavy atom. The predicted molar refractivity (Wildman–Crippen MR) is 89.5 cm³/mol. The number of likely N-dealkylation sites (N-methyl/N-ethyl adjacent to an activating group) is 1. The van der Waals surface area contributed by atoms with Crippen LogP contribution < -0.4 is 4.31 Å². The van der Waals surface area contributed by atoms with Crippen LogP contribution in [-0.4, -0.2) is 50.4 Å². The molecular weight excluding hydrogens is 300 g/mol. The van der Waals surface area contributed by atoms with E-state index in [1.807, 2.05) is 45.2 Å². The molecule has 22 heavy (non-hydrogen) atoms. The smallest absolute Gasteiger partial charge is 0.235 e. The van der Waals surface area contributed by atoms with Crippen molar-refractivity contribution in [2.75, 3.05) is 30.2 Å². The average molecular weight is 326 g/mol. The third-order valence-corrected chi connectivity index (χ3v) is 6.24. The standard InChI is InChI=1S/C16H26N2O3S/c1-4-14(19)12-17(3)13(2)15-8-5-6-9-16(15)18-10-7-11-22(18,20)21/h5-6,8-9,13-14,19H,4,7,10-12H2,1-3H3/t13?,14-/m0/s1. The number of sulfonamides is 1. The molecule has 1 aromatic rings. The number of hydrogen-bond donors (Lipinski definition) is 1. The number of aliphatic hydroxyl groups excluding tert-OH is 1. The first-order valence-corrected chi connectivity index (χ1v) is 9.45. The minimum atomic E-state index is -3.18. The molecule has 1 heterocycles. The van der Waals surface area contributed by atoms with Gasteiger partial charge in [-0.25, -0.2) is 8.42 Å². The highest BCUT2D eigenvalue weighted by molar-refractivity contribution is 7.93. The Labute approximate surface area is 133 Å². The van der Waals surface area contributed by atoms with Crippen LogP contribution in [0.25, 0.3) is 0 Å². The predicted octanol–water partition coefficient (Wildman–Crippen LogP) is 1.99. The topological polar surface area (TPSA) is 60.9 Å². The van der Waals surface area contributed by atoms with Crippen LogP contribution in [0.5, 0.6) is 0 Å². The van der Waals surface area contributed by atoms with Gasteiger partial charge in [0.05, 0.1) is 17.5 Å². The van der Waals surface area contributed by atoms with Crippen LogP contribution in [0.4, 0.5) is 5.69 Å². The van der Waals surface area contributed by atoms with E-state index < -0.39 is 10.0 Å². The van der Waals surface area contributed by atoms with Gasteiger partial charge >= 0.3 is 0 Å². The molecule has 0 aliphatic carbocycles. The van der Waals surface area contributed by atoms with Crippen LogP contribution in [0.3, 0.4) is 0 Å². The van der Waals surface area contributed by atoms with Crippen LogP contribution in [0.1, 0.15) is 38.3 Å². The van der Waals surface area contributed by atoms with Gasteiger partial charge in [0.1, 0.15) is 0 Å². The van der Waals surface area contributed by atoms with E-state index >= 15 is 0 Å². The van der Waals surface area contributed by atoms with Gasteiger partial charge in [0.2, 0.25) is 10.0 Å². The van der Waals surface area contributed by atoms with Gasteiger partial charge in [-0.05, 0) is 38.4 Å². The normalized spacial score (nSPS) is 20.3. The quantitative estimate of drug-likeness (QED) is 0.868. The zero-order chi connectivity index (χ0) is 16.3. The van der Waals surface area contributed by atoms with Crippen molar-refractivity contribution in [1.29, 1.82) is 0 Å². The number of rotatable bonds is 6. The maximum absolute atomic E-state index is 12.2. The fourth-order valence-electron chi connectivity index (χ4n) is 2.84. The molecule has 1 aliphatic rings. The van der Waals surface area contributed by atoms with Gasteiger partial charge < -0.3 is 5.11 Å². The fraction of sp³-hybridized carbons (Fsp3) is 0.625. The van der Waals surface area contributed by atoms with E-state index in [2.05, 4.69) is 4.90 Å². The van der Waals surface area contributed by atoms with Gasteiger partial charge in [0.25, 0.3) is 0 Å². The zero-order valence-electron chi connectivity index (χ0n) is 13.6. The summed E-state index contributed by atoms with van der Waals surface area (Å²) in [6.45, 7) is 5.12. The number of anilines is 1. The summed E-state index contributed by atoms with van der Waals surface area (Å²) in [6.07, 6.45) is 1.02. The molecule has 1 N–H and O–H groups in total. The first-order chi connectivity index (χ1) is 10.4. The van der Waals surface area contributed by atoms with E-state index in [1.165, 1.54) is 4.31 Å². The van der Waals surface area contributed by atoms with E-state index in [-0.39, 0.29) is 17.9 Å². The van der Waals surface area contributed by atoms with Crippen molar-refractivity contribution in [3.8, 4) is 0 Å². The second-order valence-electron chi connectivity index (χ2n) is 5.98. The molecule has 5 nitrogen and oxygen atoms in total. The van der Waals surface area contributed by atoms with E-state index in [0.717, 1.165) is 11.3 Å². The van der Waals surface area contributed by atoms with E-state index in [0.29, 0.717) is 25.9 Å². The highest BCUT2D eigenvalue weighted by atomic mass is 32.2. The van der Waals surface area contributed by atoms with Crippen LogP contribution in [0.2, 0.25) is 0 Å². The van der Waals surface area contributed by atoms with E-state index in [9.17, 15) is 13.5 Å². The Morgan fingerprint density at radius 3 is 2.64 bits per heavy atom. The van der Waals surface area contributed by atoms with Crippen LogP contribution in [0, 0.1) is 0 Å². The molecule has 0 radical (unpaired) electrons. The summed E-state index contributed by atoms with van der Waals surface area (Å²) < 4.78 is 25.9. The Morgan fingerprint density at radius 1 is 1.36 bits per heavy atom. The van der Waals surface area contributed by atoms with Gasteiger partial charge in [-0.1, -0.05) is 25.1 Å². The molecule has 2 rings (SSSR count). The number of benzene rings is 1. The Hall–Kier alpha value is -1.11. The van der Waals surface area contributed by atoms with Gasteiger partial charge in [0.15, 0.2) is 0 Å². The molecule has 0 amide bonds. The first-order valence-electron chi connectivity index (χ1n) is 7.84. The molecule has 2 atom stereocenters. The first kappa shape index (κ1) is 17.2. The van der Waals surface area contributed by atoms with Crippen molar-refractivity contribution in [3.05, 3.63) is 29.8 Å². The maximum Gasteiger partial charge on any atom is 0.235 e. The molecule has 1 fully saturated rings. The van der Waals surface area contributed by atoms with Gasteiger partial charge in [-0.15, -0.1) is 0 Å². The lowest BCUT2D eigenvalue weighted by Gasteiger charge is -2.30. The SMILES string of the molecule is CC[C@H](O)CN(C)C(C)c1ccccc1N1CCCS1(=O)=O. The molecule has 0 spiro atoms. The van der Waals surface area contributed by atoms with Crippen LogP contribution >= 0.6 is 0 Å². The summed E-state index contributed by atoms with van der Waals surface area (Å²) in [5.74, 6) is 0.222. The lowest BCUT2D eigenvalue weighted by atomic mass is 10.0. The molecular formula is C16H26N2O3S. The molecule has 1 unspecified atom stereocenters. The Balaban J connectivity index is 2.28. The van der Waals surface area contributed by atoms with Crippen molar-refractivity contribution in [2.45, 2.75) is 38.8 Å². The van der Waals surface area contributed by atoms with Crippen molar-refractivity contribution in [3.63, 3.8) is 0 Å².